The number of nitrogens with one attached hydrogen (secondary N) is 1. The molecular weight excluding hydrogens is 358 g/mol. The summed E-state index contributed by atoms with van der Waals surface area (Å²) in [4.78, 5) is 22.6. The Morgan fingerprint density at radius 2 is 1.96 bits per heavy atom. The second kappa shape index (κ2) is 6.33. The van der Waals surface area contributed by atoms with Crippen molar-refractivity contribution in [3.8, 4) is 5.75 Å². The summed E-state index contributed by atoms with van der Waals surface area (Å²) in [6, 6.07) is 1.91. The normalized spacial score (nSPS) is 19.1. The minimum atomic E-state index is -1.10. The lowest BCUT2D eigenvalue weighted by Crippen LogP contribution is -2.41. The predicted octanol–water partition coefficient (Wildman–Crippen LogP) is 4.02. The van der Waals surface area contributed by atoms with Gasteiger partial charge in [0.15, 0.2) is 23.2 Å². The van der Waals surface area contributed by atoms with Gasteiger partial charge in [-0.1, -0.05) is 13.8 Å². The number of fused-ring (bicyclic) bond motifs is 1. The van der Waals surface area contributed by atoms with Gasteiger partial charge in [0.25, 0.3) is 0 Å². The monoisotopic (exact) mass is 376 g/mol. The van der Waals surface area contributed by atoms with Crippen molar-refractivity contribution in [2.24, 2.45) is 5.92 Å². The number of nitrogens with zero attached hydrogens (tertiary/aromatic N) is 3. The Morgan fingerprint density at radius 3 is 2.56 bits per heavy atom. The van der Waals surface area contributed by atoms with E-state index in [0.717, 1.165) is 25.0 Å². The molecule has 0 bridgehead atoms. The first kappa shape index (κ1) is 17.4. The van der Waals surface area contributed by atoms with Gasteiger partial charge >= 0.3 is 6.09 Å². The van der Waals surface area contributed by atoms with Gasteiger partial charge in [0.1, 0.15) is 6.10 Å². The number of benzene rings is 1. The van der Waals surface area contributed by atoms with E-state index in [4.69, 9.17) is 4.74 Å². The highest BCUT2D eigenvalue weighted by molar-refractivity contribution is 5.91. The highest BCUT2D eigenvalue weighted by Gasteiger charge is 2.43. The van der Waals surface area contributed by atoms with Gasteiger partial charge in [0, 0.05) is 30.1 Å². The van der Waals surface area contributed by atoms with Crippen molar-refractivity contribution >= 4 is 23.5 Å². The molecule has 4 rings (SSSR count). The van der Waals surface area contributed by atoms with Gasteiger partial charge in [-0.3, -0.25) is 4.90 Å². The minimum Gasteiger partial charge on any atom is -0.503 e. The summed E-state index contributed by atoms with van der Waals surface area (Å²) in [5.41, 5.74) is 0.740. The van der Waals surface area contributed by atoms with Gasteiger partial charge in [-0.15, -0.1) is 0 Å². The van der Waals surface area contributed by atoms with Crippen LogP contribution in [0.2, 0.25) is 0 Å². The molecule has 2 aliphatic rings. The number of hydrogen-bond donors (Lipinski definition) is 2. The Morgan fingerprint density at radius 1 is 1.30 bits per heavy atom. The third kappa shape index (κ3) is 3.13. The van der Waals surface area contributed by atoms with Crippen molar-refractivity contribution in [1.29, 1.82) is 0 Å². The lowest BCUT2D eigenvalue weighted by atomic mass is 9.99. The van der Waals surface area contributed by atoms with Crippen LogP contribution in [0.25, 0.3) is 0 Å². The van der Waals surface area contributed by atoms with E-state index in [-0.39, 0.29) is 23.6 Å². The van der Waals surface area contributed by atoms with E-state index in [9.17, 15) is 18.7 Å². The van der Waals surface area contributed by atoms with Crippen LogP contribution in [0, 0.1) is 17.6 Å². The Bertz CT molecular complexity index is 894. The highest BCUT2D eigenvalue weighted by Crippen LogP contribution is 2.42. The van der Waals surface area contributed by atoms with Gasteiger partial charge in [-0.25, -0.2) is 18.6 Å². The number of aromatic nitrogens is 2. The maximum Gasteiger partial charge on any atom is 0.416 e. The van der Waals surface area contributed by atoms with Gasteiger partial charge in [-0.2, -0.15) is 4.98 Å². The van der Waals surface area contributed by atoms with E-state index in [0.29, 0.717) is 11.4 Å². The summed E-state index contributed by atoms with van der Waals surface area (Å²) >= 11 is 0. The average molecular weight is 376 g/mol. The maximum absolute atomic E-state index is 13.5. The van der Waals surface area contributed by atoms with E-state index >= 15 is 0 Å². The van der Waals surface area contributed by atoms with Crippen molar-refractivity contribution in [3.63, 3.8) is 0 Å². The summed E-state index contributed by atoms with van der Waals surface area (Å²) in [6.45, 7) is 3.87. The summed E-state index contributed by atoms with van der Waals surface area (Å²) in [5.74, 6) is -2.67. The molecule has 9 heteroatoms. The zero-order valence-electron chi connectivity index (χ0n) is 14.7. The van der Waals surface area contributed by atoms with Crippen LogP contribution in [-0.2, 0) is 4.74 Å². The Hall–Kier alpha value is -2.97. The molecule has 0 saturated heterocycles. The van der Waals surface area contributed by atoms with Crippen molar-refractivity contribution < 1.29 is 23.4 Å². The molecule has 1 atom stereocenters. The van der Waals surface area contributed by atoms with Crippen molar-refractivity contribution in [2.45, 2.75) is 38.8 Å². The molecule has 0 spiro atoms. The van der Waals surface area contributed by atoms with Crippen molar-refractivity contribution in [2.75, 3.05) is 10.2 Å². The van der Waals surface area contributed by atoms with Crippen molar-refractivity contribution in [3.05, 3.63) is 35.5 Å². The molecule has 0 radical (unpaired) electrons. The second-order valence-corrected chi connectivity index (χ2v) is 7.04. The summed E-state index contributed by atoms with van der Waals surface area (Å²) in [6.07, 6.45) is 2.38. The zero-order valence-corrected chi connectivity index (χ0v) is 14.7. The van der Waals surface area contributed by atoms with Gasteiger partial charge in [0.05, 0.1) is 5.56 Å². The maximum atomic E-state index is 13.5. The van der Waals surface area contributed by atoms with Gasteiger partial charge < -0.3 is 15.2 Å². The van der Waals surface area contributed by atoms with Crippen LogP contribution < -0.4 is 10.2 Å². The molecule has 1 unspecified atom stereocenters. The molecule has 27 heavy (non-hydrogen) atoms. The minimum absolute atomic E-state index is 0.0377. The highest BCUT2D eigenvalue weighted by atomic mass is 19.1. The quantitative estimate of drug-likeness (QED) is 0.784. The molecule has 1 amide bonds. The molecule has 1 aromatic carbocycles. The second-order valence-electron chi connectivity index (χ2n) is 7.04. The third-order valence-corrected chi connectivity index (χ3v) is 4.55. The topological polar surface area (TPSA) is 87.6 Å². The van der Waals surface area contributed by atoms with Crippen LogP contribution in [0.5, 0.6) is 5.75 Å². The summed E-state index contributed by atoms with van der Waals surface area (Å²) < 4.78 is 32.6. The van der Waals surface area contributed by atoms with E-state index in [1.165, 1.54) is 4.90 Å². The Balaban J connectivity index is 1.71. The fourth-order valence-electron chi connectivity index (χ4n) is 3.07. The fraction of sp³-hybridized carbons (Fsp3) is 0.389. The largest absolute Gasteiger partial charge is 0.503 e. The molecule has 1 aliphatic heterocycles. The van der Waals surface area contributed by atoms with Gasteiger partial charge in [-0.05, 0) is 18.8 Å². The molecule has 1 aromatic heterocycles. The van der Waals surface area contributed by atoms with E-state index < -0.39 is 29.6 Å². The summed E-state index contributed by atoms with van der Waals surface area (Å²) in [5, 5.41) is 11.9. The Kier molecular flexibility index (Phi) is 4.09. The first-order valence-electron chi connectivity index (χ1n) is 8.67. The average Bonchev–Trinajstić information content (AvgIpc) is 3.43. The number of aromatic hydroxyl groups is 1. The molecule has 2 aromatic rings. The number of ether oxygens (including phenoxy) is 1. The Labute approximate surface area is 154 Å². The molecule has 142 valence electrons. The van der Waals surface area contributed by atoms with E-state index in [2.05, 4.69) is 15.3 Å². The zero-order chi connectivity index (χ0) is 19.3. The van der Waals surface area contributed by atoms with Crippen LogP contribution >= 0.6 is 0 Å². The predicted molar refractivity (Wildman–Crippen MR) is 92.9 cm³/mol. The van der Waals surface area contributed by atoms with Crippen LogP contribution in [0.1, 0.15) is 38.4 Å². The first-order valence-corrected chi connectivity index (χ1v) is 8.67. The van der Waals surface area contributed by atoms with Crippen LogP contribution in [0.15, 0.2) is 18.3 Å². The lowest BCUT2D eigenvalue weighted by Gasteiger charge is -2.34. The van der Waals surface area contributed by atoms with Crippen LogP contribution in [0.3, 0.4) is 0 Å². The molecular formula is C18H18F2N4O3. The van der Waals surface area contributed by atoms with Crippen molar-refractivity contribution in [1.82, 2.24) is 9.97 Å². The summed E-state index contributed by atoms with van der Waals surface area (Å²) in [7, 11) is 0. The number of rotatable bonds is 4. The molecule has 7 nitrogen and oxygen atoms in total. The number of phenols is 1. The standard InChI is InChI=1S/C18H18F2N4O3/c1-8(2)15-11-7-21-17(22-9-5-12(19)14(25)13(20)6-9)23-16(11)24(10-3-4-10)18(26)27-15/h5-8,10,15,25H,3-4H2,1-2H3,(H,21,22,23). The number of carbonyl (C=O) groups excluding carboxylic acids is 1. The molecule has 2 N–H and O–H groups in total. The molecule has 2 heterocycles. The van der Waals surface area contributed by atoms with Gasteiger partial charge in [0.2, 0.25) is 5.95 Å². The SMILES string of the molecule is CC(C)C1OC(=O)N(C2CC2)c2nc(Nc3cc(F)c(O)c(F)c3)ncc21. The smallest absolute Gasteiger partial charge is 0.416 e. The lowest BCUT2D eigenvalue weighted by molar-refractivity contribution is 0.0690. The number of phenolic OH excluding ortho intramolecular Hbond substituents is 1. The third-order valence-electron chi connectivity index (χ3n) is 4.55. The molecule has 1 fully saturated rings. The van der Waals surface area contributed by atoms with E-state index in [1.807, 2.05) is 13.8 Å². The number of halogens is 2. The first-order chi connectivity index (χ1) is 12.8. The van der Waals surface area contributed by atoms with Crippen LogP contribution in [-0.4, -0.2) is 27.2 Å². The number of cyclic esters (lactones) is 1. The molecule has 1 aliphatic carbocycles. The molecule has 1 saturated carbocycles. The van der Waals surface area contributed by atoms with Crippen LogP contribution in [0.4, 0.5) is 31.0 Å². The number of anilines is 3. The number of carbonyl (C=O) groups is 1. The van der Waals surface area contributed by atoms with E-state index in [1.54, 1.807) is 6.20 Å². The number of amides is 1. The fourth-order valence-corrected chi connectivity index (χ4v) is 3.07. The number of hydrogen-bond acceptors (Lipinski definition) is 6.